The Hall–Kier alpha value is -2.11. The Kier molecular flexibility index (Phi) is 4.22. The van der Waals surface area contributed by atoms with Gasteiger partial charge in [-0.05, 0) is 26.7 Å². The molecule has 0 fully saturated rings. The number of nitrogens with zero attached hydrogens (tertiary/aromatic N) is 4. The minimum Gasteiger partial charge on any atom is -0.474 e. The molecule has 2 aromatic heterocycles. The third-order valence-corrected chi connectivity index (χ3v) is 2.94. The standard InChI is InChI=1S/C14H21N5O/c1-5-10-14(15)11(6-2)19(18-10)12-7-16-8-13(17-12)20-9(3)4/h7-9H,5-6,15H2,1-4H3. The van der Waals surface area contributed by atoms with Gasteiger partial charge in [0.15, 0.2) is 5.82 Å². The van der Waals surface area contributed by atoms with Gasteiger partial charge >= 0.3 is 0 Å². The maximum atomic E-state index is 6.12. The summed E-state index contributed by atoms with van der Waals surface area (Å²) in [5.74, 6) is 1.12. The number of hydrogen-bond donors (Lipinski definition) is 1. The van der Waals surface area contributed by atoms with E-state index in [1.165, 1.54) is 0 Å². The van der Waals surface area contributed by atoms with Gasteiger partial charge in [0.2, 0.25) is 5.88 Å². The van der Waals surface area contributed by atoms with E-state index in [4.69, 9.17) is 10.5 Å². The molecule has 6 nitrogen and oxygen atoms in total. The number of hydrogen-bond acceptors (Lipinski definition) is 5. The van der Waals surface area contributed by atoms with Gasteiger partial charge in [-0.15, -0.1) is 0 Å². The summed E-state index contributed by atoms with van der Waals surface area (Å²) in [6.45, 7) is 7.98. The van der Waals surface area contributed by atoms with E-state index in [0.717, 1.165) is 29.9 Å². The molecule has 0 spiro atoms. The smallest absolute Gasteiger partial charge is 0.234 e. The van der Waals surface area contributed by atoms with Crippen LogP contribution in [-0.2, 0) is 12.8 Å². The molecule has 0 atom stereocenters. The first-order valence-corrected chi connectivity index (χ1v) is 6.92. The molecule has 20 heavy (non-hydrogen) atoms. The van der Waals surface area contributed by atoms with E-state index < -0.39 is 0 Å². The van der Waals surface area contributed by atoms with Crippen molar-refractivity contribution in [2.24, 2.45) is 0 Å². The number of nitrogen functional groups attached to an aromatic ring is 1. The molecule has 6 heteroatoms. The predicted molar refractivity (Wildman–Crippen MR) is 78.1 cm³/mol. The highest BCUT2D eigenvalue weighted by molar-refractivity contribution is 5.50. The maximum Gasteiger partial charge on any atom is 0.234 e. The van der Waals surface area contributed by atoms with Crippen molar-refractivity contribution in [2.75, 3.05) is 5.73 Å². The van der Waals surface area contributed by atoms with Gasteiger partial charge in [-0.1, -0.05) is 13.8 Å². The quantitative estimate of drug-likeness (QED) is 0.904. The highest BCUT2D eigenvalue weighted by atomic mass is 16.5. The van der Waals surface area contributed by atoms with Crippen LogP contribution in [0.3, 0.4) is 0 Å². The van der Waals surface area contributed by atoms with E-state index in [1.54, 1.807) is 17.1 Å². The summed E-state index contributed by atoms with van der Waals surface area (Å²) >= 11 is 0. The van der Waals surface area contributed by atoms with Crippen LogP contribution in [-0.4, -0.2) is 25.9 Å². The molecule has 0 radical (unpaired) electrons. The Morgan fingerprint density at radius 1 is 1.25 bits per heavy atom. The second-order valence-electron chi connectivity index (χ2n) is 4.81. The van der Waals surface area contributed by atoms with Gasteiger partial charge in [-0.3, -0.25) is 4.98 Å². The molecule has 0 aliphatic carbocycles. The Morgan fingerprint density at radius 2 is 2.00 bits per heavy atom. The molecule has 2 N–H and O–H groups in total. The van der Waals surface area contributed by atoms with E-state index in [0.29, 0.717) is 11.7 Å². The van der Waals surface area contributed by atoms with Crippen LogP contribution in [0.25, 0.3) is 5.82 Å². The lowest BCUT2D eigenvalue weighted by Crippen LogP contribution is -2.10. The predicted octanol–water partition coefficient (Wildman–Crippen LogP) is 2.16. The highest BCUT2D eigenvalue weighted by Crippen LogP contribution is 2.22. The molecule has 0 saturated carbocycles. The van der Waals surface area contributed by atoms with Crippen LogP contribution in [0.5, 0.6) is 5.88 Å². The molecule has 0 aromatic carbocycles. The first-order chi connectivity index (χ1) is 9.56. The second-order valence-corrected chi connectivity index (χ2v) is 4.81. The van der Waals surface area contributed by atoms with Gasteiger partial charge in [0.1, 0.15) is 0 Å². The lowest BCUT2D eigenvalue weighted by atomic mass is 10.2. The molecule has 0 aliphatic heterocycles. The van der Waals surface area contributed by atoms with Crippen molar-refractivity contribution in [1.29, 1.82) is 0 Å². The fourth-order valence-electron chi connectivity index (χ4n) is 2.05. The average Bonchev–Trinajstić information content (AvgIpc) is 2.74. The first-order valence-electron chi connectivity index (χ1n) is 6.92. The van der Waals surface area contributed by atoms with E-state index in [-0.39, 0.29) is 6.10 Å². The van der Waals surface area contributed by atoms with Crippen molar-refractivity contribution < 1.29 is 4.74 Å². The van der Waals surface area contributed by atoms with E-state index in [1.807, 2.05) is 27.7 Å². The number of rotatable bonds is 5. The zero-order chi connectivity index (χ0) is 14.7. The van der Waals surface area contributed by atoms with E-state index >= 15 is 0 Å². The zero-order valence-corrected chi connectivity index (χ0v) is 12.4. The molecular weight excluding hydrogens is 254 g/mol. The Morgan fingerprint density at radius 3 is 2.60 bits per heavy atom. The lowest BCUT2D eigenvalue weighted by Gasteiger charge is -2.10. The third-order valence-electron chi connectivity index (χ3n) is 2.94. The number of ether oxygens (including phenoxy) is 1. The van der Waals surface area contributed by atoms with Gasteiger partial charge < -0.3 is 10.5 Å². The SMILES string of the molecule is CCc1nn(-c2cncc(OC(C)C)n2)c(CC)c1N. The number of aryl methyl sites for hydroxylation is 1. The van der Waals surface area contributed by atoms with Crippen molar-refractivity contribution in [3.8, 4) is 11.7 Å². The molecule has 0 bridgehead atoms. The van der Waals surface area contributed by atoms with Crippen molar-refractivity contribution in [3.63, 3.8) is 0 Å². The summed E-state index contributed by atoms with van der Waals surface area (Å²) in [7, 11) is 0. The van der Waals surface area contributed by atoms with Gasteiger partial charge in [0.25, 0.3) is 0 Å². The molecule has 108 valence electrons. The normalized spacial score (nSPS) is 11.1. The zero-order valence-electron chi connectivity index (χ0n) is 12.4. The van der Waals surface area contributed by atoms with Crippen LogP contribution in [0.15, 0.2) is 12.4 Å². The second kappa shape index (κ2) is 5.90. The molecule has 0 aliphatic rings. The molecule has 2 rings (SSSR count). The maximum absolute atomic E-state index is 6.12. The summed E-state index contributed by atoms with van der Waals surface area (Å²) in [6, 6.07) is 0. The number of anilines is 1. The Bertz CT molecular complexity index is 591. The monoisotopic (exact) mass is 275 g/mol. The topological polar surface area (TPSA) is 78.8 Å². The van der Waals surface area contributed by atoms with Crippen LogP contribution in [0, 0.1) is 0 Å². The Labute approximate surface area is 119 Å². The molecule has 0 unspecified atom stereocenters. The summed E-state index contributed by atoms with van der Waals surface area (Å²) in [5, 5.41) is 4.52. The van der Waals surface area contributed by atoms with Gasteiger partial charge in [-0.25, -0.2) is 4.68 Å². The number of nitrogens with two attached hydrogens (primary N) is 1. The van der Waals surface area contributed by atoms with Crippen LogP contribution in [0.2, 0.25) is 0 Å². The third kappa shape index (κ3) is 2.74. The molecule has 0 amide bonds. The van der Waals surface area contributed by atoms with Crippen LogP contribution >= 0.6 is 0 Å². The van der Waals surface area contributed by atoms with Gasteiger partial charge in [0.05, 0.1) is 35.6 Å². The summed E-state index contributed by atoms with van der Waals surface area (Å²) in [6.07, 6.45) is 4.90. The number of aromatic nitrogens is 4. The summed E-state index contributed by atoms with van der Waals surface area (Å²) in [4.78, 5) is 8.61. The van der Waals surface area contributed by atoms with Gasteiger partial charge in [-0.2, -0.15) is 10.1 Å². The van der Waals surface area contributed by atoms with Crippen molar-refractivity contribution in [3.05, 3.63) is 23.8 Å². The lowest BCUT2D eigenvalue weighted by molar-refractivity contribution is 0.231. The fourth-order valence-corrected chi connectivity index (χ4v) is 2.05. The van der Waals surface area contributed by atoms with E-state index in [2.05, 4.69) is 15.1 Å². The molecule has 2 aromatic rings. The van der Waals surface area contributed by atoms with E-state index in [9.17, 15) is 0 Å². The van der Waals surface area contributed by atoms with Crippen molar-refractivity contribution in [2.45, 2.75) is 46.6 Å². The van der Waals surface area contributed by atoms with Gasteiger partial charge in [0, 0.05) is 0 Å². The summed E-state index contributed by atoms with van der Waals surface area (Å²) < 4.78 is 7.33. The minimum absolute atomic E-state index is 0.0547. The highest BCUT2D eigenvalue weighted by Gasteiger charge is 2.15. The van der Waals surface area contributed by atoms with Crippen molar-refractivity contribution in [1.82, 2.24) is 19.7 Å². The van der Waals surface area contributed by atoms with Crippen LogP contribution < -0.4 is 10.5 Å². The van der Waals surface area contributed by atoms with Crippen LogP contribution in [0.4, 0.5) is 5.69 Å². The molecule has 0 saturated heterocycles. The average molecular weight is 275 g/mol. The minimum atomic E-state index is 0.0547. The summed E-state index contributed by atoms with van der Waals surface area (Å²) in [5.41, 5.74) is 8.71. The fraction of sp³-hybridized carbons (Fsp3) is 0.500. The first kappa shape index (κ1) is 14.3. The molecule has 2 heterocycles. The molecular formula is C14H21N5O. The Balaban J connectivity index is 2.45. The van der Waals surface area contributed by atoms with Crippen LogP contribution in [0.1, 0.15) is 39.1 Å². The van der Waals surface area contributed by atoms with Crippen molar-refractivity contribution >= 4 is 5.69 Å². The largest absolute Gasteiger partial charge is 0.474 e.